The van der Waals surface area contributed by atoms with Gasteiger partial charge in [0.25, 0.3) is 0 Å². The van der Waals surface area contributed by atoms with Gasteiger partial charge in [0.1, 0.15) is 10.9 Å². The number of rotatable bonds is 2. The molecule has 0 atom stereocenters. The first-order valence-corrected chi connectivity index (χ1v) is 7.84. The first-order chi connectivity index (χ1) is 9.72. The normalized spacial score (nSPS) is 10.4. The van der Waals surface area contributed by atoms with E-state index in [1.54, 1.807) is 11.3 Å². The molecular weight excluding hydrogens is 284 g/mol. The lowest BCUT2D eigenvalue weighted by atomic mass is 10.0. The van der Waals surface area contributed by atoms with Crippen LogP contribution in [0.15, 0.2) is 41.8 Å². The lowest BCUT2D eigenvalue weighted by Crippen LogP contribution is -1.89. The smallest absolute Gasteiger partial charge is 0.129 e. The minimum atomic E-state index is 0.589. The molecule has 1 aromatic carbocycles. The van der Waals surface area contributed by atoms with Crippen molar-refractivity contribution in [1.29, 1.82) is 5.26 Å². The molecule has 0 fully saturated rings. The third kappa shape index (κ3) is 2.01. The fourth-order valence-corrected chi connectivity index (χ4v) is 4.37. The van der Waals surface area contributed by atoms with Crippen molar-refractivity contribution in [3.05, 3.63) is 52.2 Å². The van der Waals surface area contributed by atoms with E-state index >= 15 is 0 Å². The second kappa shape index (κ2) is 5.12. The number of nitriles is 1. The predicted octanol–water partition coefficient (Wildman–Crippen LogP) is 4.91. The van der Waals surface area contributed by atoms with Gasteiger partial charge in [-0.05, 0) is 29.5 Å². The number of anilines is 1. The van der Waals surface area contributed by atoms with Crippen LogP contribution >= 0.6 is 22.7 Å². The van der Waals surface area contributed by atoms with Crippen LogP contribution < -0.4 is 5.73 Å². The average molecular weight is 296 g/mol. The summed E-state index contributed by atoms with van der Waals surface area (Å²) in [4.78, 5) is 2.88. The number of thiophene rings is 2. The highest BCUT2D eigenvalue weighted by molar-refractivity contribution is 7.22. The molecule has 0 aliphatic carbocycles. The number of nitrogen functional groups attached to an aromatic ring is 1. The molecule has 4 heteroatoms. The SMILES string of the molecule is Cc1ccsc1-c1sc(C#N)c(N)c1-c1ccccc1. The standard InChI is InChI=1S/C16H12N2S2/c1-10-7-8-19-15(10)16-13(11-5-3-2-4-6-11)14(18)12(9-17)20-16/h2-8H,18H2,1H3. The molecule has 2 aromatic heterocycles. The quantitative estimate of drug-likeness (QED) is 0.730. The second-order valence-corrected chi connectivity index (χ2v) is 6.40. The highest BCUT2D eigenvalue weighted by atomic mass is 32.1. The van der Waals surface area contributed by atoms with Crippen molar-refractivity contribution >= 4 is 28.4 Å². The maximum atomic E-state index is 9.25. The monoisotopic (exact) mass is 296 g/mol. The van der Waals surface area contributed by atoms with E-state index in [-0.39, 0.29) is 0 Å². The van der Waals surface area contributed by atoms with Gasteiger partial charge in [-0.2, -0.15) is 5.26 Å². The molecule has 0 bridgehead atoms. The Bertz CT molecular complexity index is 792. The van der Waals surface area contributed by atoms with Gasteiger partial charge in [-0.3, -0.25) is 0 Å². The van der Waals surface area contributed by atoms with Gasteiger partial charge in [0.15, 0.2) is 0 Å². The number of nitrogens with zero attached hydrogens (tertiary/aromatic N) is 1. The Morgan fingerprint density at radius 1 is 1.10 bits per heavy atom. The first-order valence-electron chi connectivity index (χ1n) is 6.14. The summed E-state index contributed by atoms with van der Waals surface area (Å²) in [6.07, 6.45) is 0. The number of aryl methyl sites for hydroxylation is 1. The van der Waals surface area contributed by atoms with Crippen LogP contribution in [0.5, 0.6) is 0 Å². The molecule has 0 saturated carbocycles. The van der Waals surface area contributed by atoms with E-state index in [0.717, 1.165) is 16.0 Å². The van der Waals surface area contributed by atoms with Gasteiger partial charge in [-0.1, -0.05) is 30.3 Å². The van der Waals surface area contributed by atoms with Crippen molar-refractivity contribution in [1.82, 2.24) is 0 Å². The van der Waals surface area contributed by atoms with Gasteiger partial charge < -0.3 is 5.73 Å². The molecule has 0 spiro atoms. The van der Waals surface area contributed by atoms with Crippen LogP contribution in [0.1, 0.15) is 10.4 Å². The van der Waals surface area contributed by atoms with Crippen molar-refractivity contribution in [2.24, 2.45) is 0 Å². The Morgan fingerprint density at radius 3 is 2.45 bits per heavy atom. The third-order valence-electron chi connectivity index (χ3n) is 3.18. The van der Waals surface area contributed by atoms with Crippen LogP contribution in [-0.2, 0) is 0 Å². The molecule has 0 saturated heterocycles. The van der Waals surface area contributed by atoms with Crippen LogP contribution in [-0.4, -0.2) is 0 Å². The van der Waals surface area contributed by atoms with Gasteiger partial charge in [0, 0.05) is 10.4 Å². The van der Waals surface area contributed by atoms with Gasteiger partial charge in [0.05, 0.1) is 10.6 Å². The van der Waals surface area contributed by atoms with Crippen molar-refractivity contribution in [2.45, 2.75) is 6.92 Å². The summed E-state index contributed by atoms with van der Waals surface area (Å²) in [6, 6.07) is 14.3. The molecule has 0 aliphatic heterocycles. The zero-order valence-electron chi connectivity index (χ0n) is 10.9. The van der Waals surface area contributed by atoms with Crippen LogP contribution in [0.4, 0.5) is 5.69 Å². The Balaban J connectivity index is 2.31. The topological polar surface area (TPSA) is 49.8 Å². The summed E-state index contributed by atoms with van der Waals surface area (Å²) < 4.78 is 0. The minimum Gasteiger partial charge on any atom is -0.396 e. The largest absolute Gasteiger partial charge is 0.396 e. The number of hydrogen-bond donors (Lipinski definition) is 1. The molecule has 2 heterocycles. The molecule has 0 amide bonds. The summed E-state index contributed by atoms with van der Waals surface area (Å²) in [7, 11) is 0. The molecule has 3 rings (SSSR count). The van der Waals surface area contributed by atoms with Gasteiger partial charge in [-0.25, -0.2) is 0 Å². The number of nitrogens with two attached hydrogens (primary N) is 1. The van der Waals surface area contributed by atoms with E-state index in [0.29, 0.717) is 10.6 Å². The summed E-state index contributed by atoms with van der Waals surface area (Å²) in [5.74, 6) is 0. The zero-order chi connectivity index (χ0) is 14.1. The Morgan fingerprint density at radius 2 is 1.85 bits per heavy atom. The second-order valence-electron chi connectivity index (χ2n) is 4.46. The average Bonchev–Trinajstić information content (AvgIpc) is 3.03. The van der Waals surface area contributed by atoms with Gasteiger partial charge in [-0.15, -0.1) is 22.7 Å². The molecule has 0 unspecified atom stereocenters. The molecule has 0 aliphatic rings. The van der Waals surface area contributed by atoms with Crippen molar-refractivity contribution in [3.8, 4) is 27.0 Å². The minimum absolute atomic E-state index is 0.589. The summed E-state index contributed by atoms with van der Waals surface area (Å²) in [5.41, 5.74) is 10.0. The molecule has 98 valence electrons. The van der Waals surface area contributed by atoms with Crippen molar-refractivity contribution < 1.29 is 0 Å². The summed E-state index contributed by atoms with van der Waals surface area (Å²) >= 11 is 3.17. The highest BCUT2D eigenvalue weighted by Crippen LogP contribution is 2.47. The van der Waals surface area contributed by atoms with Crippen LogP contribution in [0.3, 0.4) is 0 Å². The van der Waals surface area contributed by atoms with E-state index in [4.69, 9.17) is 5.73 Å². The molecule has 2 N–H and O–H groups in total. The molecule has 2 nitrogen and oxygen atoms in total. The van der Waals surface area contributed by atoms with Crippen molar-refractivity contribution in [3.63, 3.8) is 0 Å². The number of hydrogen-bond acceptors (Lipinski definition) is 4. The fraction of sp³-hybridized carbons (Fsp3) is 0.0625. The lowest BCUT2D eigenvalue weighted by molar-refractivity contribution is 1.52. The van der Waals surface area contributed by atoms with Crippen LogP contribution in [0.25, 0.3) is 20.9 Å². The van der Waals surface area contributed by atoms with E-state index < -0.39 is 0 Å². The van der Waals surface area contributed by atoms with E-state index in [1.165, 1.54) is 21.8 Å². The number of benzene rings is 1. The van der Waals surface area contributed by atoms with E-state index in [2.05, 4.69) is 24.4 Å². The highest BCUT2D eigenvalue weighted by Gasteiger charge is 2.20. The van der Waals surface area contributed by atoms with Gasteiger partial charge >= 0.3 is 0 Å². The zero-order valence-corrected chi connectivity index (χ0v) is 12.5. The van der Waals surface area contributed by atoms with E-state index in [1.807, 2.05) is 30.3 Å². The molecule has 20 heavy (non-hydrogen) atoms. The van der Waals surface area contributed by atoms with Crippen LogP contribution in [0, 0.1) is 18.3 Å². The molecule has 0 radical (unpaired) electrons. The van der Waals surface area contributed by atoms with Crippen LogP contribution in [0.2, 0.25) is 0 Å². The summed E-state index contributed by atoms with van der Waals surface area (Å²) in [6.45, 7) is 2.09. The Hall–Kier alpha value is -2.09. The van der Waals surface area contributed by atoms with Crippen molar-refractivity contribution in [2.75, 3.05) is 5.73 Å². The summed E-state index contributed by atoms with van der Waals surface area (Å²) in [5, 5.41) is 11.3. The molecule has 3 aromatic rings. The maximum absolute atomic E-state index is 9.25. The molecular formula is C16H12N2S2. The predicted molar refractivity (Wildman–Crippen MR) is 86.9 cm³/mol. The maximum Gasteiger partial charge on any atom is 0.129 e. The Kier molecular flexibility index (Phi) is 3.31. The fourth-order valence-electron chi connectivity index (χ4n) is 2.18. The van der Waals surface area contributed by atoms with Gasteiger partial charge in [0.2, 0.25) is 0 Å². The first kappa shape index (κ1) is 12.9. The Labute approximate surface area is 125 Å². The lowest BCUT2D eigenvalue weighted by Gasteiger charge is -2.05. The third-order valence-corrected chi connectivity index (χ3v) is 5.47. The van der Waals surface area contributed by atoms with E-state index in [9.17, 15) is 5.26 Å².